The number of aromatic nitrogens is 2. The number of hydrogen-bond donors (Lipinski definition) is 2. The van der Waals surface area contributed by atoms with E-state index in [2.05, 4.69) is 22.4 Å². The lowest BCUT2D eigenvalue weighted by molar-refractivity contribution is 0.102. The van der Waals surface area contributed by atoms with Crippen molar-refractivity contribution in [1.29, 1.82) is 0 Å². The van der Waals surface area contributed by atoms with Crippen LogP contribution in [0.25, 0.3) is 11.0 Å². The number of carbonyl (C=O) groups excluding carboxylic acids is 1. The molecule has 0 saturated heterocycles. The van der Waals surface area contributed by atoms with E-state index >= 15 is 0 Å². The summed E-state index contributed by atoms with van der Waals surface area (Å²) in [5.74, 6) is 0.190. The first-order chi connectivity index (χ1) is 14.0. The van der Waals surface area contributed by atoms with Crippen molar-refractivity contribution in [2.75, 3.05) is 24.3 Å². The first-order valence-electron chi connectivity index (χ1n) is 9.30. The Hall–Kier alpha value is -3.67. The van der Waals surface area contributed by atoms with E-state index in [-0.39, 0.29) is 11.7 Å². The molecule has 1 heterocycles. The number of amides is 1. The Bertz CT molecular complexity index is 1150. The Labute approximate surface area is 168 Å². The van der Waals surface area contributed by atoms with Crippen molar-refractivity contribution >= 4 is 28.3 Å². The van der Waals surface area contributed by atoms with Crippen LogP contribution in [0.1, 0.15) is 21.7 Å². The predicted molar refractivity (Wildman–Crippen MR) is 114 cm³/mol. The van der Waals surface area contributed by atoms with Gasteiger partial charge in [0.05, 0.1) is 22.4 Å². The van der Waals surface area contributed by atoms with Crippen molar-refractivity contribution in [1.82, 2.24) is 9.97 Å². The Balaban J connectivity index is 1.66. The molecular formula is C23H21FN4O. The fourth-order valence-electron chi connectivity index (χ4n) is 3.24. The molecule has 0 spiro atoms. The number of carbonyl (C=O) groups is 1. The number of rotatable bonds is 5. The van der Waals surface area contributed by atoms with Crippen LogP contribution < -0.4 is 10.2 Å². The third kappa shape index (κ3) is 4.11. The summed E-state index contributed by atoms with van der Waals surface area (Å²) in [5.41, 5.74) is 4.74. The second-order valence-corrected chi connectivity index (χ2v) is 7.09. The molecule has 1 aromatic heterocycles. The number of fused-ring (bicyclic) bond motifs is 1. The van der Waals surface area contributed by atoms with E-state index in [0.717, 1.165) is 22.5 Å². The van der Waals surface area contributed by atoms with Crippen molar-refractivity contribution in [3.63, 3.8) is 0 Å². The fraction of sp³-hybridized carbons (Fsp3) is 0.130. The Morgan fingerprint density at radius 3 is 2.48 bits per heavy atom. The van der Waals surface area contributed by atoms with Crippen LogP contribution in [-0.4, -0.2) is 30.0 Å². The number of H-pyrrole nitrogens is 1. The van der Waals surface area contributed by atoms with Crippen LogP contribution in [0, 0.1) is 5.82 Å². The third-order valence-corrected chi connectivity index (χ3v) is 4.70. The highest BCUT2D eigenvalue weighted by Gasteiger charge is 2.14. The maximum absolute atomic E-state index is 13.1. The number of nitrogens with zero attached hydrogens (tertiary/aromatic N) is 2. The van der Waals surface area contributed by atoms with E-state index in [9.17, 15) is 9.18 Å². The number of aromatic amines is 1. The molecule has 6 heteroatoms. The zero-order valence-electron chi connectivity index (χ0n) is 16.2. The van der Waals surface area contributed by atoms with Crippen LogP contribution in [0.4, 0.5) is 15.8 Å². The van der Waals surface area contributed by atoms with E-state index in [1.807, 2.05) is 49.3 Å². The zero-order chi connectivity index (χ0) is 20.4. The Morgan fingerprint density at radius 1 is 1.07 bits per heavy atom. The monoisotopic (exact) mass is 388 g/mol. The van der Waals surface area contributed by atoms with Gasteiger partial charge >= 0.3 is 0 Å². The molecule has 29 heavy (non-hydrogen) atoms. The van der Waals surface area contributed by atoms with Gasteiger partial charge < -0.3 is 15.2 Å². The van der Waals surface area contributed by atoms with Crippen molar-refractivity contribution in [3.05, 3.63) is 89.5 Å². The molecule has 0 aliphatic rings. The molecule has 5 nitrogen and oxygen atoms in total. The standard InChI is InChI=1S/C23H21FN4O/c1-28(2)21-14-19-18(25-22(26-19)12-15-6-4-3-5-7-15)13-20(21)27-23(29)16-8-10-17(24)11-9-16/h3-11,13-14H,12H2,1-2H3,(H,25,26)(H,27,29). The van der Waals surface area contributed by atoms with Crippen molar-refractivity contribution < 1.29 is 9.18 Å². The summed E-state index contributed by atoms with van der Waals surface area (Å²) < 4.78 is 13.1. The van der Waals surface area contributed by atoms with Gasteiger partial charge in [0.25, 0.3) is 5.91 Å². The molecule has 4 rings (SSSR count). The van der Waals surface area contributed by atoms with E-state index in [0.29, 0.717) is 17.7 Å². The smallest absolute Gasteiger partial charge is 0.255 e. The molecular weight excluding hydrogens is 367 g/mol. The average molecular weight is 388 g/mol. The molecule has 0 unspecified atom stereocenters. The predicted octanol–water partition coefficient (Wildman–Crippen LogP) is 4.61. The Morgan fingerprint density at radius 2 is 1.79 bits per heavy atom. The van der Waals surface area contributed by atoms with Crippen molar-refractivity contribution in [3.8, 4) is 0 Å². The molecule has 146 valence electrons. The molecule has 0 aliphatic heterocycles. The summed E-state index contributed by atoms with van der Waals surface area (Å²) in [5, 5.41) is 2.93. The quantitative estimate of drug-likeness (QED) is 0.525. The van der Waals surface area contributed by atoms with Gasteiger partial charge in [0, 0.05) is 26.1 Å². The fourth-order valence-corrected chi connectivity index (χ4v) is 3.24. The third-order valence-electron chi connectivity index (χ3n) is 4.70. The minimum absolute atomic E-state index is 0.295. The SMILES string of the molecule is CN(C)c1cc2nc(Cc3ccccc3)[nH]c2cc1NC(=O)c1ccc(F)cc1. The molecule has 0 saturated carbocycles. The number of anilines is 2. The van der Waals surface area contributed by atoms with Crippen LogP contribution >= 0.6 is 0 Å². The topological polar surface area (TPSA) is 61.0 Å². The molecule has 1 amide bonds. The van der Waals surface area contributed by atoms with Gasteiger partial charge in [-0.1, -0.05) is 30.3 Å². The van der Waals surface area contributed by atoms with E-state index in [1.54, 1.807) is 0 Å². The summed E-state index contributed by atoms with van der Waals surface area (Å²) in [6.45, 7) is 0. The minimum atomic E-state index is -0.375. The molecule has 4 aromatic rings. The highest BCUT2D eigenvalue weighted by atomic mass is 19.1. The Kier molecular flexibility index (Phi) is 4.99. The van der Waals surface area contributed by atoms with Gasteiger partial charge in [-0.2, -0.15) is 0 Å². The van der Waals surface area contributed by atoms with Gasteiger partial charge in [-0.05, 0) is 42.0 Å². The molecule has 0 fully saturated rings. The summed E-state index contributed by atoms with van der Waals surface area (Å²) >= 11 is 0. The lowest BCUT2D eigenvalue weighted by Gasteiger charge is -2.18. The average Bonchev–Trinajstić information content (AvgIpc) is 3.09. The highest BCUT2D eigenvalue weighted by Crippen LogP contribution is 2.30. The zero-order valence-corrected chi connectivity index (χ0v) is 16.2. The first kappa shape index (κ1) is 18.7. The largest absolute Gasteiger partial charge is 0.376 e. The molecule has 2 N–H and O–H groups in total. The number of hydrogen-bond acceptors (Lipinski definition) is 3. The number of imidazole rings is 1. The lowest BCUT2D eigenvalue weighted by Crippen LogP contribution is -2.16. The normalized spacial score (nSPS) is 10.9. The summed E-state index contributed by atoms with van der Waals surface area (Å²) in [4.78, 5) is 22.6. The van der Waals surface area contributed by atoms with Gasteiger partial charge in [0.15, 0.2) is 0 Å². The van der Waals surface area contributed by atoms with Gasteiger partial charge in [-0.3, -0.25) is 4.79 Å². The van der Waals surface area contributed by atoms with Crippen LogP contribution in [-0.2, 0) is 6.42 Å². The summed E-state index contributed by atoms with van der Waals surface area (Å²) in [6, 6.07) is 19.4. The second kappa shape index (κ2) is 7.75. The van der Waals surface area contributed by atoms with Crippen molar-refractivity contribution in [2.24, 2.45) is 0 Å². The van der Waals surface area contributed by atoms with Crippen LogP contribution in [0.15, 0.2) is 66.7 Å². The van der Waals surface area contributed by atoms with Crippen LogP contribution in [0.2, 0.25) is 0 Å². The van der Waals surface area contributed by atoms with E-state index in [1.165, 1.54) is 29.8 Å². The maximum atomic E-state index is 13.1. The number of benzene rings is 3. The minimum Gasteiger partial charge on any atom is -0.376 e. The van der Waals surface area contributed by atoms with E-state index in [4.69, 9.17) is 4.98 Å². The van der Waals surface area contributed by atoms with Crippen LogP contribution in [0.3, 0.4) is 0 Å². The number of halogens is 1. The molecule has 0 bridgehead atoms. The van der Waals surface area contributed by atoms with Crippen molar-refractivity contribution in [2.45, 2.75) is 6.42 Å². The van der Waals surface area contributed by atoms with Crippen LogP contribution in [0.5, 0.6) is 0 Å². The number of nitrogens with one attached hydrogen (secondary N) is 2. The van der Waals surface area contributed by atoms with Gasteiger partial charge in [-0.25, -0.2) is 9.37 Å². The van der Waals surface area contributed by atoms with Gasteiger partial charge in [-0.15, -0.1) is 0 Å². The maximum Gasteiger partial charge on any atom is 0.255 e. The highest BCUT2D eigenvalue weighted by molar-refractivity contribution is 6.07. The molecule has 0 aliphatic carbocycles. The van der Waals surface area contributed by atoms with E-state index < -0.39 is 0 Å². The van der Waals surface area contributed by atoms with Gasteiger partial charge in [0.2, 0.25) is 0 Å². The molecule has 0 radical (unpaired) electrons. The summed E-state index contributed by atoms with van der Waals surface area (Å²) in [6.07, 6.45) is 0.699. The molecule has 0 atom stereocenters. The summed E-state index contributed by atoms with van der Waals surface area (Å²) in [7, 11) is 3.82. The lowest BCUT2D eigenvalue weighted by atomic mass is 10.1. The first-order valence-corrected chi connectivity index (χ1v) is 9.30. The van der Waals surface area contributed by atoms with Gasteiger partial charge in [0.1, 0.15) is 11.6 Å². The molecule has 3 aromatic carbocycles. The second-order valence-electron chi connectivity index (χ2n) is 7.09.